The fourth-order valence-electron chi connectivity index (χ4n) is 1.16. The zero-order valence-corrected chi connectivity index (χ0v) is 12.1. The molecule has 0 spiro atoms. The molecular weight excluding hydrogens is 244 g/mol. The van der Waals surface area contributed by atoms with E-state index in [0.717, 1.165) is 10.6 Å². The summed E-state index contributed by atoms with van der Waals surface area (Å²) in [6.07, 6.45) is 0.182. The van der Waals surface area contributed by atoms with Crippen LogP contribution in [0.15, 0.2) is 0 Å². The van der Waals surface area contributed by atoms with Crippen molar-refractivity contribution in [1.29, 1.82) is 0 Å². The van der Waals surface area contributed by atoms with Crippen LogP contribution in [0.2, 0.25) is 0 Å². The summed E-state index contributed by atoms with van der Waals surface area (Å²) >= 11 is 0. The number of amides is 1. The number of rotatable bonds is 6. The monoisotopic (exact) mass is 266 g/mol. The van der Waals surface area contributed by atoms with Crippen molar-refractivity contribution in [2.75, 3.05) is 33.9 Å². The molecule has 0 aromatic rings. The standard InChI is InChI=1S/C10H22N2O4S/c1-8(2)16-9(10(13)11(3)4)7-12(5)17(6,14)15/h8-9H,7H2,1-6H3. The average Bonchev–Trinajstić information content (AvgIpc) is 2.12. The van der Waals surface area contributed by atoms with Crippen molar-refractivity contribution in [3.8, 4) is 0 Å². The zero-order chi connectivity index (χ0) is 13.8. The molecule has 1 atom stereocenters. The van der Waals surface area contributed by atoms with Gasteiger partial charge in [-0.3, -0.25) is 4.79 Å². The molecule has 0 saturated heterocycles. The normalized spacial score (nSPS) is 14.1. The van der Waals surface area contributed by atoms with Crippen LogP contribution in [0, 0.1) is 0 Å². The fourth-order valence-corrected chi connectivity index (χ4v) is 1.57. The molecule has 1 unspecified atom stereocenters. The van der Waals surface area contributed by atoms with Crippen LogP contribution < -0.4 is 0 Å². The third-order valence-corrected chi connectivity index (χ3v) is 3.42. The van der Waals surface area contributed by atoms with Crippen LogP contribution in [0.3, 0.4) is 0 Å². The number of likely N-dealkylation sites (N-methyl/N-ethyl adjacent to an activating group) is 2. The molecule has 0 aliphatic rings. The molecule has 0 radical (unpaired) electrons. The van der Waals surface area contributed by atoms with Gasteiger partial charge in [-0.1, -0.05) is 0 Å². The summed E-state index contributed by atoms with van der Waals surface area (Å²) in [5, 5.41) is 0. The highest BCUT2D eigenvalue weighted by Gasteiger charge is 2.26. The number of carbonyl (C=O) groups is 1. The van der Waals surface area contributed by atoms with Crippen molar-refractivity contribution in [3.05, 3.63) is 0 Å². The van der Waals surface area contributed by atoms with Crippen LogP contribution in [-0.4, -0.2) is 69.7 Å². The van der Waals surface area contributed by atoms with Gasteiger partial charge in [0.1, 0.15) is 6.10 Å². The van der Waals surface area contributed by atoms with Crippen molar-refractivity contribution < 1.29 is 17.9 Å². The van der Waals surface area contributed by atoms with E-state index in [2.05, 4.69) is 0 Å². The molecule has 0 bridgehead atoms. The second-order valence-electron chi connectivity index (χ2n) is 4.45. The number of hydrogen-bond donors (Lipinski definition) is 0. The zero-order valence-electron chi connectivity index (χ0n) is 11.3. The highest BCUT2D eigenvalue weighted by atomic mass is 32.2. The van der Waals surface area contributed by atoms with Gasteiger partial charge in [0.15, 0.2) is 0 Å². The van der Waals surface area contributed by atoms with Crippen LogP contribution in [-0.2, 0) is 19.6 Å². The summed E-state index contributed by atoms with van der Waals surface area (Å²) in [6, 6.07) is 0. The average molecular weight is 266 g/mol. The molecule has 6 nitrogen and oxygen atoms in total. The highest BCUT2D eigenvalue weighted by molar-refractivity contribution is 7.88. The van der Waals surface area contributed by atoms with Crippen molar-refractivity contribution in [3.63, 3.8) is 0 Å². The van der Waals surface area contributed by atoms with Crippen molar-refractivity contribution >= 4 is 15.9 Å². The van der Waals surface area contributed by atoms with E-state index in [1.807, 2.05) is 0 Å². The van der Waals surface area contributed by atoms with Gasteiger partial charge < -0.3 is 9.64 Å². The van der Waals surface area contributed by atoms with Crippen LogP contribution in [0.4, 0.5) is 0 Å². The first-order chi connectivity index (χ1) is 7.55. The Morgan fingerprint density at radius 1 is 1.24 bits per heavy atom. The van der Waals surface area contributed by atoms with Gasteiger partial charge in [-0.15, -0.1) is 0 Å². The molecule has 0 aromatic carbocycles. The minimum absolute atomic E-state index is 0.0219. The van der Waals surface area contributed by atoms with Gasteiger partial charge >= 0.3 is 0 Å². The molecule has 1 amide bonds. The van der Waals surface area contributed by atoms with E-state index in [1.165, 1.54) is 11.9 Å². The third kappa shape index (κ3) is 5.99. The van der Waals surface area contributed by atoms with E-state index in [4.69, 9.17) is 4.74 Å². The first-order valence-electron chi connectivity index (χ1n) is 5.33. The van der Waals surface area contributed by atoms with Gasteiger partial charge in [0.25, 0.3) is 5.91 Å². The first-order valence-corrected chi connectivity index (χ1v) is 7.18. The summed E-state index contributed by atoms with van der Waals surface area (Å²) < 4.78 is 29.1. The predicted molar refractivity (Wildman–Crippen MR) is 66.2 cm³/mol. The summed E-state index contributed by atoms with van der Waals surface area (Å²) in [6.45, 7) is 3.63. The lowest BCUT2D eigenvalue weighted by molar-refractivity contribution is -0.144. The van der Waals surface area contributed by atoms with Gasteiger partial charge in [0, 0.05) is 27.7 Å². The number of carbonyl (C=O) groups excluding carboxylic acids is 1. The molecule has 102 valence electrons. The van der Waals surface area contributed by atoms with E-state index in [9.17, 15) is 13.2 Å². The van der Waals surface area contributed by atoms with Crippen LogP contribution in [0.5, 0.6) is 0 Å². The van der Waals surface area contributed by atoms with Gasteiger partial charge in [0.2, 0.25) is 10.0 Å². The van der Waals surface area contributed by atoms with E-state index in [1.54, 1.807) is 27.9 Å². The molecule has 7 heteroatoms. The maximum absolute atomic E-state index is 11.8. The maximum Gasteiger partial charge on any atom is 0.252 e. The molecular formula is C10H22N2O4S. The first kappa shape index (κ1) is 16.3. The number of sulfonamides is 1. The van der Waals surface area contributed by atoms with Crippen LogP contribution in [0.1, 0.15) is 13.8 Å². The van der Waals surface area contributed by atoms with Crippen LogP contribution >= 0.6 is 0 Å². The molecule has 0 rings (SSSR count). The predicted octanol–water partition coefficient (Wildman–Crippen LogP) is -0.240. The lowest BCUT2D eigenvalue weighted by Crippen LogP contribution is -2.45. The van der Waals surface area contributed by atoms with Gasteiger partial charge in [0.05, 0.1) is 12.4 Å². The van der Waals surface area contributed by atoms with Crippen molar-refractivity contribution in [1.82, 2.24) is 9.21 Å². The van der Waals surface area contributed by atoms with Crippen molar-refractivity contribution in [2.45, 2.75) is 26.1 Å². The second kappa shape index (κ2) is 6.32. The smallest absolute Gasteiger partial charge is 0.252 e. The summed E-state index contributed by atoms with van der Waals surface area (Å²) in [7, 11) is 1.34. The topological polar surface area (TPSA) is 66.9 Å². The Balaban J connectivity index is 4.77. The Morgan fingerprint density at radius 3 is 2.00 bits per heavy atom. The number of nitrogens with zero attached hydrogens (tertiary/aromatic N) is 2. The summed E-state index contributed by atoms with van der Waals surface area (Å²) in [4.78, 5) is 13.2. The highest BCUT2D eigenvalue weighted by Crippen LogP contribution is 2.05. The Morgan fingerprint density at radius 2 is 1.71 bits per heavy atom. The summed E-state index contributed by atoms with van der Waals surface area (Å²) in [5.74, 6) is -0.241. The summed E-state index contributed by atoms with van der Waals surface area (Å²) in [5.41, 5.74) is 0. The molecule has 0 N–H and O–H groups in total. The van der Waals surface area contributed by atoms with Crippen molar-refractivity contribution in [2.24, 2.45) is 0 Å². The Hall–Kier alpha value is -0.660. The number of ether oxygens (including phenoxy) is 1. The van der Waals surface area contributed by atoms with Gasteiger partial charge in [-0.05, 0) is 13.8 Å². The molecule has 0 aromatic heterocycles. The van der Waals surface area contributed by atoms with Gasteiger partial charge in [-0.25, -0.2) is 12.7 Å². The minimum Gasteiger partial charge on any atom is -0.364 e. The molecule has 0 fully saturated rings. The lowest BCUT2D eigenvalue weighted by Gasteiger charge is -2.26. The lowest BCUT2D eigenvalue weighted by atomic mass is 10.3. The minimum atomic E-state index is -3.31. The molecule has 0 aliphatic carbocycles. The fraction of sp³-hybridized carbons (Fsp3) is 0.900. The second-order valence-corrected chi connectivity index (χ2v) is 6.54. The maximum atomic E-state index is 11.8. The van der Waals surface area contributed by atoms with Gasteiger partial charge in [-0.2, -0.15) is 0 Å². The molecule has 17 heavy (non-hydrogen) atoms. The largest absolute Gasteiger partial charge is 0.364 e. The quantitative estimate of drug-likeness (QED) is 0.665. The Labute approximate surface area is 104 Å². The molecule has 0 saturated carbocycles. The van der Waals surface area contributed by atoms with E-state index in [-0.39, 0.29) is 18.6 Å². The van der Waals surface area contributed by atoms with E-state index < -0.39 is 16.1 Å². The SMILES string of the molecule is CC(C)OC(CN(C)S(C)(=O)=O)C(=O)N(C)C. The third-order valence-electron chi connectivity index (χ3n) is 2.14. The molecule has 0 heterocycles. The van der Waals surface area contributed by atoms with E-state index in [0.29, 0.717) is 0 Å². The number of hydrogen-bond acceptors (Lipinski definition) is 4. The molecule has 0 aliphatic heterocycles. The van der Waals surface area contributed by atoms with E-state index >= 15 is 0 Å². The van der Waals surface area contributed by atoms with Crippen LogP contribution in [0.25, 0.3) is 0 Å². The Kier molecular flexibility index (Phi) is 6.08. The Bertz CT molecular complexity index is 351.